The van der Waals surface area contributed by atoms with Gasteiger partial charge in [-0.3, -0.25) is 19.3 Å². The molecule has 0 aromatic carbocycles. The minimum absolute atomic E-state index is 0.0204. The second-order valence-electron chi connectivity index (χ2n) is 48.0. The van der Waals surface area contributed by atoms with Gasteiger partial charge in [-0.1, -0.05) is 228 Å². The Labute approximate surface area is 754 Å². The maximum absolute atomic E-state index is 14.2. The zero-order valence-corrected chi connectivity index (χ0v) is 84.1. The molecule has 14 fully saturated rings. The van der Waals surface area contributed by atoms with E-state index in [0.717, 1.165) is 205 Å². The van der Waals surface area contributed by atoms with E-state index in [4.69, 9.17) is 18.9 Å². The Morgan fingerprint density at radius 3 is 1.02 bits per heavy atom. The van der Waals surface area contributed by atoms with Crippen LogP contribution < -0.4 is 5.32 Å². The molecule has 120 heavy (non-hydrogen) atoms. The van der Waals surface area contributed by atoms with Crippen molar-refractivity contribution in [2.75, 3.05) is 88.4 Å². The molecule has 15 aliphatic carbocycles. The van der Waals surface area contributed by atoms with Gasteiger partial charge in [0.05, 0.1) is 61.0 Å². The molecule has 0 aromatic rings. The van der Waals surface area contributed by atoms with E-state index < -0.39 is 11.4 Å². The second-order valence-corrected chi connectivity index (χ2v) is 50.4. The van der Waals surface area contributed by atoms with Gasteiger partial charge in [0, 0.05) is 48.7 Å². The van der Waals surface area contributed by atoms with E-state index in [1.165, 1.54) is 44.1 Å². The molecule has 12 saturated carbocycles. The number of aliphatic hydroxyl groups excluding tert-OH is 3. The van der Waals surface area contributed by atoms with Crippen LogP contribution in [0.25, 0.3) is 0 Å². The van der Waals surface area contributed by atoms with Crippen LogP contribution in [0.1, 0.15) is 319 Å². The molecule has 13 nitrogen and oxygen atoms in total. The summed E-state index contributed by atoms with van der Waals surface area (Å²) in [6, 6.07) is 0. The van der Waals surface area contributed by atoms with E-state index in [1.807, 2.05) is 0 Å². The number of carbonyl (C=O) groups excluding carboxylic acids is 2. The molecule has 2 aliphatic heterocycles. The number of esters is 2. The molecule has 5 N–H and O–H groups in total. The number of aliphatic hydroxyl groups is 3. The molecule has 16 heteroatoms. The molecule has 0 radical (unpaired) electrons. The first-order valence-electron chi connectivity index (χ1n) is 49.3. The third-order valence-electron chi connectivity index (χ3n) is 43.1. The monoisotopic (exact) mass is 1860 g/mol. The predicted molar refractivity (Wildman–Crippen MR) is 497 cm³/mol. The number of alkyl halides is 3. The van der Waals surface area contributed by atoms with Crippen LogP contribution in [0.2, 0.25) is 0 Å². The molecule has 0 spiro atoms. The van der Waals surface area contributed by atoms with Gasteiger partial charge in [0.2, 0.25) is 0 Å². The zero-order chi connectivity index (χ0) is 87.6. The molecule has 30 atom stereocenters. The number of nitrogens with zero attached hydrogens (tertiary/aromatic N) is 1. The summed E-state index contributed by atoms with van der Waals surface area (Å²) in [6.07, 6.45) is 36.2. The van der Waals surface area contributed by atoms with Crippen molar-refractivity contribution in [3.05, 3.63) is 34.9 Å². The summed E-state index contributed by atoms with van der Waals surface area (Å²) in [5, 5.41) is 49.4. The number of halogens is 3. The van der Waals surface area contributed by atoms with E-state index in [2.05, 4.69) is 222 Å². The van der Waals surface area contributed by atoms with Crippen molar-refractivity contribution in [2.24, 2.45) is 170 Å². The van der Waals surface area contributed by atoms with E-state index in [1.54, 1.807) is 11.1 Å². The van der Waals surface area contributed by atoms with Gasteiger partial charge >= 0.3 is 17.9 Å². The number of morpholine rings is 2. The van der Waals surface area contributed by atoms with Crippen LogP contribution in [0.15, 0.2) is 34.9 Å². The molecular weight excluding hydrogens is 1690 g/mol. The lowest BCUT2D eigenvalue weighted by Gasteiger charge is -2.71. The fraction of sp³-hybridized carbons (Fsp3) is 0.913. The first-order chi connectivity index (χ1) is 56.3. The Bertz CT molecular complexity index is 3720. The molecule has 684 valence electrons. The molecule has 0 amide bonds. The molecule has 0 unspecified atom stereocenters. The van der Waals surface area contributed by atoms with Crippen molar-refractivity contribution in [1.29, 1.82) is 0 Å². The topological polar surface area (TPSA) is 184 Å². The summed E-state index contributed by atoms with van der Waals surface area (Å²) in [5.41, 5.74) is 5.10. The maximum Gasteiger partial charge on any atom is 0.312 e. The summed E-state index contributed by atoms with van der Waals surface area (Å²) in [6.45, 7) is 60.6. The second kappa shape index (κ2) is 35.5. The van der Waals surface area contributed by atoms with Gasteiger partial charge in [0.25, 0.3) is 0 Å². The number of rotatable bonds is 9. The largest absolute Gasteiger partial charge is 0.481 e. The van der Waals surface area contributed by atoms with Crippen molar-refractivity contribution < 1.29 is 53.8 Å². The lowest BCUT2D eigenvalue weighted by molar-refractivity contribution is -0.207. The van der Waals surface area contributed by atoms with Crippen LogP contribution >= 0.6 is 47.8 Å². The van der Waals surface area contributed by atoms with Crippen LogP contribution in [0.4, 0.5) is 0 Å². The van der Waals surface area contributed by atoms with Crippen LogP contribution in [0.5, 0.6) is 0 Å². The highest BCUT2D eigenvalue weighted by atomic mass is 79.9. The van der Waals surface area contributed by atoms with Crippen molar-refractivity contribution in [1.82, 2.24) is 10.2 Å². The number of hydrogen-bond donors (Lipinski definition) is 5. The summed E-state index contributed by atoms with van der Waals surface area (Å²) in [4.78, 5) is 43.1. The number of allylic oxidation sites excluding steroid dienone is 6. The van der Waals surface area contributed by atoms with E-state index in [0.29, 0.717) is 95.5 Å². The quantitative estimate of drug-likeness (QED) is 0.0836. The van der Waals surface area contributed by atoms with Crippen molar-refractivity contribution >= 4 is 65.7 Å². The standard InChI is InChI=1S/C36H59NO4.C32H51BrO3.C30H48O3.C4H9NO.C2H4Br2/c1-24-10-15-36(31(39)41-23-20-37-18-21-40-22-19-37)17-16-34(6)26(30(36)25(24)2)8-9-28-33(5)13-12-29(38)32(3,4)27(33)11-14-35(28,34)7;1-20-10-15-32(27(35)36-19-18-33)17-16-30(6)22(26(32)21(20)2)8-9-24-29(5)13-12-25(34)28(3,4)23(29)11-14-31(24,30)7;1-18-10-15-30(25(32)33)17-16-28(6)20(24(30)19(18)2)8-9-22-27(5)13-12-23(31)26(3,4)21(27)11-14-29(22,28)7;1-3-6-4-2-5-1;3-1-2-4/h8,24-25,27-30,38H,9-23H2,1-7H3;8,20-21,23-26,34H,9-19H2,1-7H3;8,18-19,21-24,31H,9-17H2,1-7H3,(H,32,33);5H,1-4H2;1-2H2/t24-,25+,27+,28-,29+,30+,33+,34-,35-,36+;20-,21+,23+,24-,25+,26+,29+,30-,31-,32+;18-,19+,21+,22-,23+,24+,27+,28-,29-,30+;;/m111../s1. The Hall–Kier alpha value is -1.21. The van der Waals surface area contributed by atoms with Crippen LogP contribution in [-0.2, 0) is 33.3 Å². The number of aliphatic carboxylic acids is 1. The van der Waals surface area contributed by atoms with Gasteiger partial charge in [0.15, 0.2) is 0 Å². The van der Waals surface area contributed by atoms with Crippen molar-refractivity contribution in [2.45, 2.75) is 337 Å². The van der Waals surface area contributed by atoms with Gasteiger partial charge in [-0.05, 0) is 327 Å². The highest BCUT2D eigenvalue weighted by Crippen LogP contribution is 2.81. The Kier molecular flexibility index (Phi) is 28.5. The SMILES string of the molecule is BrCCBr.C1COCCN1.C[C@H]1[C@H](C)CC[C@]2(C(=O)O)CC[C@]3(C)C(=CC[C@@H]4[C@@]5(C)CC[C@H](O)C(C)(C)[C@@H]5CC[C@]43C)[C@H]12.C[C@H]1[C@H](C)CC[C@]2(C(=O)OCCBr)CC[C@]3(C)C(=CC[C@@H]4[C@@]5(C)CC[C@H](O)C(C)(C)[C@@H]5CC[C@]43C)[C@H]12.C[C@H]1[C@H](C)CC[C@]2(C(=O)OCCN3CCOCC3)CC[C@]3(C)C(=CC[C@@H]4[C@@]5(C)CC[C@H](O)C(C)(C)[C@@H]5CC[C@]43C)[C@H]12. The maximum atomic E-state index is 14.2. The van der Waals surface area contributed by atoms with Crippen molar-refractivity contribution in [3.63, 3.8) is 0 Å². The van der Waals surface area contributed by atoms with E-state index in [-0.39, 0.29) is 118 Å². The number of fused-ring (bicyclic) bond motifs is 21. The summed E-state index contributed by atoms with van der Waals surface area (Å²) < 4.78 is 22.6. The number of hydrogen-bond acceptors (Lipinski definition) is 12. The minimum Gasteiger partial charge on any atom is -0.481 e. The Balaban J connectivity index is 0.000000147. The lowest BCUT2D eigenvalue weighted by Crippen LogP contribution is -2.65. The summed E-state index contributed by atoms with van der Waals surface area (Å²) >= 11 is 9.86. The Morgan fingerprint density at radius 2 is 0.717 bits per heavy atom. The average Bonchev–Trinajstić information content (AvgIpc) is 0.683. The smallest absolute Gasteiger partial charge is 0.312 e. The predicted octanol–water partition coefficient (Wildman–Crippen LogP) is 23.3. The molecule has 0 aromatic heterocycles. The third kappa shape index (κ3) is 15.2. The van der Waals surface area contributed by atoms with Gasteiger partial charge in [-0.2, -0.15) is 0 Å². The van der Waals surface area contributed by atoms with Crippen molar-refractivity contribution in [3.8, 4) is 0 Å². The minimum atomic E-state index is -0.557. The first kappa shape index (κ1) is 96.3. The van der Waals surface area contributed by atoms with Crippen LogP contribution in [-0.4, -0.2) is 150 Å². The number of carboxylic acids is 1. The number of carboxylic acid groups (broad SMARTS) is 1. The molecule has 2 saturated heterocycles. The zero-order valence-electron chi connectivity index (χ0n) is 79.3. The molecule has 17 aliphatic rings. The molecular formula is C104H171Br3N2O11. The van der Waals surface area contributed by atoms with E-state index in [9.17, 15) is 34.8 Å². The van der Waals surface area contributed by atoms with Gasteiger partial charge in [0.1, 0.15) is 13.2 Å². The van der Waals surface area contributed by atoms with Gasteiger partial charge in [-0.15, -0.1) is 0 Å². The third-order valence-corrected chi connectivity index (χ3v) is 45.3. The first-order valence-corrected chi connectivity index (χ1v) is 52.6. The van der Waals surface area contributed by atoms with Crippen LogP contribution in [0.3, 0.4) is 0 Å². The fourth-order valence-electron chi connectivity index (χ4n) is 34.5. The summed E-state index contributed by atoms with van der Waals surface area (Å²) in [7, 11) is 0. The number of nitrogens with one attached hydrogen (secondary N) is 1. The number of ether oxygens (including phenoxy) is 4. The van der Waals surface area contributed by atoms with Gasteiger partial charge < -0.3 is 44.7 Å². The average molecular weight is 1870 g/mol. The lowest BCUT2D eigenvalue weighted by atomic mass is 9.33. The highest BCUT2D eigenvalue weighted by Gasteiger charge is 2.75. The molecule has 17 rings (SSSR count). The van der Waals surface area contributed by atoms with Crippen LogP contribution in [0, 0.1) is 170 Å². The number of carbonyl (C=O) groups is 3. The Morgan fingerprint density at radius 1 is 0.400 bits per heavy atom. The fourth-order valence-corrected chi connectivity index (χ4v) is 34.7. The van der Waals surface area contributed by atoms with E-state index >= 15 is 0 Å². The normalized spacial score (nSPS) is 49.1. The molecule has 2 heterocycles. The highest BCUT2D eigenvalue weighted by molar-refractivity contribution is 9.12. The molecule has 0 bridgehead atoms. The van der Waals surface area contributed by atoms with Gasteiger partial charge in [-0.25, -0.2) is 0 Å². The summed E-state index contributed by atoms with van der Waals surface area (Å²) in [5.74, 6) is 7.19.